The number of hydrogen-bond donors (Lipinski definition) is 1. The number of piperidine rings is 1. The number of benzene rings is 1. The average Bonchev–Trinajstić information content (AvgIpc) is 3.10. The molecule has 1 aromatic carbocycles. The molecule has 0 unspecified atom stereocenters. The number of hydrogen-bond acceptors (Lipinski definition) is 4. The number of nitrogens with zero attached hydrogens (tertiary/aromatic N) is 2. The van der Waals surface area contributed by atoms with Crippen molar-refractivity contribution in [2.24, 2.45) is 5.92 Å². The van der Waals surface area contributed by atoms with Crippen LogP contribution >= 0.6 is 11.3 Å². The van der Waals surface area contributed by atoms with E-state index >= 15 is 0 Å². The van der Waals surface area contributed by atoms with Gasteiger partial charge in [0.1, 0.15) is 5.01 Å². The molecule has 138 valence electrons. The lowest BCUT2D eigenvalue weighted by molar-refractivity contribution is -0.142. The van der Waals surface area contributed by atoms with Gasteiger partial charge in [0.15, 0.2) is 0 Å². The van der Waals surface area contributed by atoms with Gasteiger partial charge in [-0.25, -0.2) is 4.98 Å². The van der Waals surface area contributed by atoms with Gasteiger partial charge in [-0.1, -0.05) is 42.7 Å². The maximum absolute atomic E-state index is 12.7. The first-order valence-corrected chi connectivity index (χ1v) is 10.4. The number of carbonyl (C=O) groups is 1. The third-order valence-electron chi connectivity index (χ3n) is 5.96. The number of aliphatic hydroxyl groups is 1. The summed E-state index contributed by atoms with van der Waals surface area (Å²) < 4.78 is 0. The van der Waals surface area contributed by atoms with E-state index in [4.69, 9.17) is 0 Å². The summed E-state index contributed by atoms with van der Waals surface area (Å²) in [5, 5.41) is 13.7. The van der Waals surface area contributed by atoms with E-state index in [-0.39, 0.29) is 11.8 Å². The van der Waals surface area contributed by atoms with Gasteiger partial charge in [0.2, 0.25) is 5.91 Å². The van der Waals surface area contributed by atoms with Crippen molar-refractivity contribution in [1.29, 1.82) is 0 Å². The maximum Gasteiger partial charge on any atom is 0.228 e. The monoisotopic (exact) mass is 370 g/mol. The van der Waals surface area contributed by atoms with Crippen molar-refractivity contribution in [1.82, 2.24) is 9.88 Å². The zero-order chi connectivity index (χ0) is 18.1. The highest BCUT2D eigenvalue weighted by Gasteiger charge is 2.43. The number of amides is 1. The molecule has 2 aliphatic rings. The summed E-state index contributed by atoms with van der Waals surface area (Å²) in [5.74, 6) is 0.380. The van der Waals surface area contributed by atoms with Crippen LogP contribution in [0.1, 0.15) is 43.4 Å². The maximum atomic E-state index is 12.7. The first-order chi connectivity index (χ1) is 12.5. The minimum Gasteiger partial charge on any atom is -0.389 e. The second-order valence-electron chi connectivity index (χ2n) is 7.82. The number of thiazole rings is 1. The average molecular weight is 371 g/mol. The Morgan fingerprint density at radius 3 is 2.92 bits per heavy atom. The molecule has 4 rings (SSSR count). The van der Waals surface area contributed by atoms with Crippen molar-refractivity contribution < 1.29 is 9.90 Å². The lowest BCUT2D eigenvalue weighted by atomic mass is 9.71. The molecule has 1 aliphatic heterocycles. The highest BCUT2D eigenvalue weighted by atomic mass is 32.1. The van der Waals surface area contributed by atoms with Gasteiger partial charge in [-0.15, -0.1) is 11.3 Å². The van der Waals surface area contributed by atoms with E-state index in [2.05, 4.69) is 36.2 Å². The summed E-state index contributed by atoms with van der Waals surface area (Å²) in [6, 6.07) is 8.32. The van der Waals surface area contributed by atoms with Crippen LogP contribution in [0.25, 0.3) is 10.6 Å². The van der Waals surface area contributed by atoms with Crippen LogP contribution in [0.2, 0.25) is 0 Å². The fourth-order valence-corrected chi connectivity index (χ4v) is 5.11. The summed E-state index contributed by atoms with van der Waals surface area (Å²) in [7, 11) is 0. The zero-order valence-corrected chi connectivity index (χ0v) is 16.1. The summed E-state index contributed by atoms with van der Waals surface area (Å²) in [6.45, 7) is 3.44. The Hall–Kier alpha value is -1.72. The second-order valence-corrected chi connectivity index (χ2v) is 8.68. The molecule has 0 radical (unpaired) electrons. The third kappa shape index (κ3) is 3.55. The van der Waals surface area contributed by atoms with E-state index in [1.165, 1.54) is 12.0 Å². The van der Waals surface area contributed by atoms with Gasteiger partial charge in [-0.3, -0.25) is 4.79 Å². The van der Waals surface area contributed by atoms with Gasteiger partial charge in [0, 0.05) is 30.0 Å². The molecule has 1 saturated carbocycles. The predicted molar refractivity (Wildman–Crippen MR) is 104 cm³/mol. The van der Waals surface area contributed by atoms with Crippen LogP contribution in [0, 0.1) is 12.8 Å². The van der Waals surface area contributed by atoms with Crippen LogP contribution < -0.4 is 0 Å². The standard InChI is InChI=1S/C21H26N2O2S/c1-15-5-7-16(8-6-15)20-22-18(14-26-20)12-19(24)23-11-10-21(25)9-3-2-4-17(21)13-23/h5-8,14,17,25H,2-4,9-13H2,1H3/t17-,21+/m0/s1. The Kier molecular flexibility index (Phi) is 4.84. The lowest BCUT2D eigenvalue weighted by Crippen LogP contribution is -2.54. The SMILES string of the molecule is Cc1ccc(-c2nc(CC(=O)N3CC[C@]4(O)CCCC[C@H]4C3)cs2)cc1. The number of rotatable bonds is 3. The minimum absolute atomic E-state index is 0.137. The molecule has 1 aromatic heterocycles. The fourth-order valence-electron chi connectivity index (χ4n) is 4.28. The summed E-state index contributed by atoms with van der Waals surface area (Å²) in [6.07, 6.45) is 5.28. The van der Waals surface area contributed by atoms with Gasteiger partial charge in [-0.05, 0) is 26.2 Å². The van der Waals surface area contributed by atoms with Crippen LogP contribution in [0.5, 0.6) is 0 Å². The molecule has 1 aliphatic carbocycles. The molecule has 2 aromatic rings. The van der Waals surface area contributed by atoms with Crippen LogP contribution in [0.3, 0.4) is 0 Å². The number of aromatic nitrogens is 1. The minimum atomic E-state index is -0.533. The number of likely N-dealkylation sites (tertiary alicyclic amines) is 1. The number of fused-ring (bicyclic) bond motifs is 1. The molecule has 0 bridgehead atoms. The summed E-state index contributed by atoms with van der Waals surface area (Å²) in [5.41, 5.74) is 2.65. The molecule has 1 saturated heterocycles. The van der Waals surface area contributed by atoms with E-state index < -0.39 is 5.60 Å². The summed E-state index contributed by atoms with van der Waals surface area (Å²) in [4.78, 5) is 19.3. The van der Waals surface area contributed by atoms with Gasteiger partial charge in [-0.2, -0.15) is 0 Å². The molecule has 26 heavy (non-hydrogen) atoms. The molecular weight excluding hydrogens is 344 g/mol. The molecule has 2 fully saturated rings. The number of carbonyl (C=O) groups excluding carboxylic acids is 1. The smallest absolute Gasteiger partial charge is 0.228 e. The largest absolute Gasteiger partial charge is 0.389 e. The molecular formula is C21H26N2O2S. The lowest BCUT2D eigenvalue weighted by Gasteiger charge is -2.47. The van der Waals surface area contributed by atoms with E-state index in [0.29, 0.717) is 19.5 Å². The topological polar surface area (TPSA) is 53.4 Å². The van der Waals surface area contributed by atoms with Crippen LogP contribution in [0.4, 0.5) is 0 Å². The Bertz CT molecular complexity index is 786. The van der Waals surface area contributed by atoms with Crippen molar-refractivity contribution in [2.45, 2.75) is 51.0 Å². The quantitative estimate of drug-likeness (QED) is 0.894. The number of aryl methyl sites for hydroxylation is 1. The molecule has 2 atom stereocenters. The Morgan fingerprint density at radius 2 is 2.12 bits per heavy atom. The first-order valence-electron chi connectivity index (χ1n) is 9.55. The van der Waals surface area contributed by atoms with Gasteiger partial charge < -0.3 is 10.0 Å². The van der Waals surface area contributed by atoms with E-state index in [1.54, 1.807) is 11.3 Å². The predicted octanol–water partition coefficient (Wildman–Crippen LogP) is 3.81. The third-order valence-corrected chi connectivity index (χ3v) is 6.90. The molecule has 5 heteroatoms. The Morgan fingerprint density at radius 1 is 1.31 bits per heavy atom. The van der Waals surface area contributed by atoms with Crippen molar-refractivity contribution in [3.05, 3.63) is 40.9 Å². The molecule has 2 heterocycles. The Balaban J connectivity index is 1.40. The molecule has 0 spiro atoms. The van der Waals surface area contributed by atoms with E-state index in [1.807, 2.05) is 10.3 Å². The van der Waals surface area contributed by atoms with Crippen molar-refractivity contribution in [3.8, 4) is 10.6 Å². The van der Waals surface area contributed by atoms with Crippen molar-refractivity contribution in [3.63, 3.8) is 0 Å². The van der Waals surface area contributed by atoms with Crippen molar-refractivity contribution in [2.75, 3.05) is 13.1 Å². The normalized spacial score (nSPS) is 25.8. The van der Waals surface area contributed by atoms with Crippen LogP contribution in [-0.4, -0.2) is 39.6 Å². The van der Waals surface area contributed by atoms with Crippen LogP contribution in [0.15, 0.2) is 29.6 Å². The highest BCUT2D eigenvalue weighted by Crippen LogP contribution is 2.39. The first kappa shape index (κ1) is 17.7. The van der Waals surface area contributed by atoms with Gasteiger partial charge >= 0.3 is 0 Å². The van der Waals surface area contributed by atoms with Crippen LogP contribution in [-0.2, 0) is 11.2 Å². The van der Waals surface area contributed by atoms with Gasteiger partial charge in [0.25, 0.3) is 0 Å². The molecule has 1 N–H and O–H groups in total. The zero-order valence-electron chi connectivity index (χ0n) is 15.3. The Labute approximate surface area is 158 Å². The molecule has 1 amide bonds. The highest BCUT2D eigenvalue weighted by molar-refractivity contribution is 7.13. The fraction of sp³-hybridized carbons (Fsp3) is 0.524. The molecule has 4 nitrogen and oxygen atoms in total. The van der Waals surface area contributed by atoms with E-state index in [0.717, 1.165) is 41.9 Å². The summed E-state index contributed by atoms with van der Waals surface area (Å²) >= 11 is 1.59. The van der Waals surface area contributed by atoms with E-state index in [9.17, 15) is 9.90 Å². The van der Waals surface area contributed by atoms with Crippen molar-refractivity contribution >= 4 is 17.2 Å². The second kappa shape index (κ2) is 7.12. The van der Waals surface area contributed by atoms with Gasteiger partial charge in [0.05, 0.1) is 17.7 Å².